The maximum absolute atomic E-state index is 5.54. The molecule has 0 unspecified atom stereocenters. The molecule has 1 aliphatic rings. The van der Waals surface area contributed by atoms with Crippen molar-refractivity contribution < 1.29 is 9.47 Å². The Morgan fingerprint density at radius 2 is 2.00 bits per heavy atom. The van der Waals surface area contributed by atoms with Crippen molar-refractivity contribution in [1.82, 2.24) is 0 Å². The molecule has 1 aliphatic heterocycles. The number of methoxy groups -OCH3 is 1. The van der Waals surface area contributed by atoms with E-state index in [0.717, 1.165) is 18.6 Å². The van der Waals surface area contributed by atoms with Crippen LogP contribution in [0.15, 0.2) is 53.7 Å². The Morgan fingerprint density at radius 3 is 2.69 bits per heavy atom. The van der Waals surface area contributed by atoms with Gasteiger partial charge in [-0.15, -0.1) is 0 Å². The van der Waals surface area contributed by atoms with Gasteiger partial charge in [-0.2, -0.15) is 0 Å². The third-order valence-corrected chi connectivity index (χ3v) is 2.62. The Morgan fingerprint density at radius 1 is 1.25 bits per heavy atom. The van der Waals surface area contributed by atoms with Crippen molar-refractivity contribution in [2.75, 3.05) is 7.11 Å². The minimum atomic E-state index is 0.656. The first-order valence-corrected chi connectivity index (χ1v) is 5.44. The summed E-state index contributed by atoms with van der Waals surface area (Å²) in [5, 5.41) is 0. The number of hydrogen-bond acceptors (Lipinski definition) is 2. The Kier molecular flexibility index (Phi) is 3.30. The zero-order chi connectivity index (χ0) is 11.4. The third-order valence-electron chi connectivity index (χ3n) is 2.62. The zero-order valence-electron chi connectivity index (χ0n) is 9.69. The topological polar surface area (TPSA) is 18.5 Å². The molecule has 0 spiro atoms. The van der Waals surface area contributed by atoms with Gasteiger partial charge in [-0.1, -0.05) is 30.3 Å². The van der Waals surface area contributed by atoms with E-state index < -0.39 is 0 Å². The Hall–Kier alpha value is -1.70. The van der Waals surface area contributed by atoms with Crippen LogP contribution < -0.4 is 0 Å². The molecular formula is C14H16O2. The zero-order valence-corrected chi connectivity index (χ0v) is 9.69. The van der Waals surface area contributed by atoms with E-state index in [1.54, 1.807) is 7.11 Å². The summed E-state index contributed by atoms with van der Waals surface area (Å²) in [5.74, 6) is 1.57. The fourth-order valence-corrected chi connectivity index (χ4v) is 1.78. The largest absolute Gasteiger partial charge is 0.468 e. The molecule has 0 atom stereocenters. The van der Waals surface area contributed by atoms with Crippen molar-refractivity contribution in [1.29, 1.82) is 0 Å². The first kappa shape index (κ1) is 10.8. The standard InChI is InChI=1S/C14H16O2/c1-11-8-9-13(14(15-2)16-11)10-12-6-4-3-5-7-12/h3-8H,9-10H2,1-2H3. The second-order valence-corrected chi connectivity index (χ2v) is 3.88. The van der Waals surface area contributed by atoms with Crippen LogP contribution in [0.5, 0.6) is 0 Å². The van der Waals surface area contributed by atoms with E-state index in [1.807, 2.05) is 25.1 Å². The van der Waals surface area contributed by atoms with Crippen molar-refractivity contribution in [2.24, 2.45) is 0 Å². The Bertz CT molecular complexity index is 416. The van der Waals surface area contributed by atoms with Crippen molar-refractivity contribution >= 4 is 0 Å². The molecule has 0 saturated heterocycles. The van der Waals surface area contributed by atoms with Gasteiger partial charge in [-0.25, -0.2) is 0 Å². The molecular weight excluding hydrogens is 200 g/mol. The Balaban J connectivity index is 2.15. The summed E-state index contributed by atoms with van der Waals surface area (Å²) in [6.07, 6.45) is 3.87. The van der Waals surface area contributed by atoms with Crippen LogP contribution in [0.2, 0.25) is 0 Å². The molecule has 0 saturated carbocycles. The van der Waals surface area contributed by atoms with E-state index in [9.17, 15) is 0 Å². The molecule has 0 bridgehead atoms. The van der Waals surface area contributed by atoms with Gasteiger partial charge in [0.2, 0.25) is 0 Å². The summed E-state index contributed by atoms with van der Waals surface area (Å²) in [6, 6.07) is 10.4. The van der Waals surface area contributed by atoms with Gasteiger partial charge in [-0.05, 0) is 25.0 Å². The number of ether oxygens (including phenoxy) is 2. The normalized spacial score (nSPS) is 15.5. The molecule has 1 aromatic rings. The van der Waals surface area contributed by atoms with Crippen molar-refractivity contribution in [3.63, 3.8) is 0 Å². The second kappa shape index (κ2) is 4.88. The second-order valence-electron chi connectivity index (χ2n) is 3.88. The van der Waals surface area contributed by atoms with Crippen molar-refractivity contribution in [2.45, 2.75) is 19.8 Å². The molecule has 0 aliphatic carbocycles. The van der Waals surface area contributed by atoms with E-state index in [1.165, 1.54) is 11.1 Å². The highest BCUT2D eigenvalue weighted by Crippen LogP contribution is 2.24. The highest BCUT2D eigenvalue weighted by Gasteiger charge is 2.14. The molecule has 16 heavy (non-hydrogen) atoms. The third kappa shape index (κ3) is 2.45. The van der Waals surface area contributed by atoms with Crippen LogP contribution >= 0.6 is 0 Å². The molecule has 2 nitrogen and oxygen atoms in total. The lowest BCUT2D eigenvalue weighted by Crippen LogP contribution is -2.06. The molecule has 1 aromatic carbocycles. The monoisotopic (exact) mass is 216 g/mol. The number of rotatable bonds is 3. The molecule has 0 radical (unpaired) electrons. The van der Waals surface area contributed by atoms with E-state index >= 15 is 0 Å². The summed E-state index contributed by atoms with van der Waals surface area (Å²) in [7, 11) is 1.65. The first-order valence-electron chi connectivity index (χ1n) is 5.44. The van der Waals surface area contributed by atoms with Crippen LogP contribution in [0.3, 0.4) is 0 Å². The van der Waals surface area contributed by atoms with Gasteiger partial charge in [0.1, 0.15) is 5.76 Å². The van der Waals surface area contributed by atoms with E-state index in [0.29, 0.717) is 5.95 Å². The molecule has 0 fully saturated rings. The van der Waals surface area contributed by atoms with E-state index in [-0.39, 0.29) is 0 Å². The van der Waals surface area contributed by atoms with E-state index in [4.69, 9.17) is 9.47 Å². The summed E-state index contributed by atoms with van der Waals surface area (Å²) >= 11 is 0. The van der Waals surface area contributed by atoms with Crippen LogP contribution in [-0.4, -0.2) is 7.11 Å². The highest BCUT2D eigenvalue weighted by molar-refractivity contribution is 5.25. The highest BCUT2D eigenvalue weighted by atomic mass is 16.7. The first-order chi connectivity index (χ1) is 7.79. The van der Waals surface area contributed by atoms with E-state index in [2.05, 4.69) is 18.2 Å². The smallest absolute Gasteiger partial charge is 0.283 e. The summed E-state index contributed by atoms with van der Waals surface area (Å²) in [4.78, 5) is 0. The molecule has 0 amide bonds. The summed E-state index contributed by atoms with van der Waals surface area (Å²) in [5.41, 5.74) is 2.47. The summed E-state index contributed by atoms with van der Waals surface area (Å²) in [6.45, 7) is 1.94. The van der Waals surface area contributed by atoms with Gasteiger partial charge in [0, 0.05) is 12.0 Å². The molecule has 84 valence electrons. The average molecular weight is 216 g/mol. The quantitative estimate of drug-likeness (QED) is 0.770. The number of allylic oxidation sites excluding steroid dienone is 3. The lowest BCUT2D eigenvalue weighted by Gasteiger charge is -2.18. The maximum Gasteiger partial charge on any atom is 0.283 e. The lowest BCUT2D eigenvalue weighted by molar-refractivity contribution is 0.0936. The minimum Gasteiger partial charge on any atom is -0.468 e. The maximum atomic E-state index is 5.54. The minimum absolute atomic E-state index is 0.656. The van der Waals surface area contributed by atoms with Gasteiger partial charge >= 0.3 is 0 Å². The van der Waals surface area contributed by atoms with Gasteiger partial charge in [0.25, 0.3) is 5.95 Å². The number of benzene rings is 1. The van der Waals surface area contributed by atoms with Crippen LogP contribution in [0.25, 0.3) is 0 Å². The molecule has 0 N–H and O–H groups in total. The van der Waals surface area contributed by atoms with Gasteiger partial charge in [0.05, 0.1) is 7.11 Å². The van der Waals surface area contributed by atoms with Crippen LogP contribution in [0.1, 0.15) is 18.9 Å². The fraction of sp³-hybridized carbons (Fsp3) is 0.286. The molecule has 2 heteroatoms. The SMILES string of the molecule is COC1=C(Cc2ccccc2)CC=C(C)O1. The van der Waals surface area contributed by atoms with Gasteiger partial charge < -0.3 is 9.47 Å². The fourth-order valence-electron chi connectivity index (χ4n) is 1.78. The average Bonchev–Trinajstić information content (AvgIpc) is 2.33. The lowest BCUT2D eigenvalue weighted by atomic mass is 10.0. The van der Waals surface area contributed by atoms with Crippen molar-refractivity contribution in [3.05, 3.63) is 59.2 Å². The van der Waals surface area contributed by atoms with Crippen LogP contribution in [0, 0.1) is 0 Å². The molecule has 2 rings (SSSR count). The van der Waals surface area contributed by atoms with Gasteiger partial charge in [-0.3, -0.25) is 0 Å². The number of hydrogen-bond donors (Lipinski definition) is 0. The van der Waals surface area contributed by atoms with Gasteiger partial charge in [0.15, 0.2) is 0 Å². The molecule has 0 aromatic heterocycles. The molecule has 1 heterocycles. The Labute approximate surface area is 96.2 Å². The summed E-state index contributed by atoms with van der Waals surface area (Å²) < 4.78 is 10.8. The predicted molar refractivity (Wildman–Crippen MR) is 63.6 cm³/mol. The van der Waals surface area contributed by atoms with Crippen LogP contribution in [-0.2, 0) is 15.9 Å². The van der Waals surface area contributed by atoms with Crippen molar-refractivity contribution in [3.8, 4) is 0 Å². The predicted octanol–water partition coefficient (Wildman–Crippen LogP) is 3.41. The van der Waals surface area contributed by atoms with Crippen LogP contribution in [0.4, 0.5) is 0 Å².